The molecule has 0 aromatic rings. The zero-order chi connectivity index (χ0) is 18.8. The minimum absolute atomic E-state index is 0.366. The number of hydrogen-bond acceptors (Lipinski definition) is 7. The van der Waals surface area contributed by atoms with E-state index in [1.165, 1.54) is 0 Å². The normalized spacial score (nSPS) is 18.1. The maximum atomic E-state index is 12.7. The third-order valence-corrected chi connectivity index (χ3v) is 3.33. The molecule has 1 amide bonds. The summed E-state index contributed by atoms with van der Waals surface area (Å²) in [4.78, 5) is 50.6. The Morgan fingerprint density at radius 2 is 1.54 bits per heavy atom. The fourth-order valence-corrected chi connectivity index (χ4v) is 2.45. The first kappa shape index (κ1) is 19.7. The van der Waals surface area contributed by atoms with E-state index in [1.807, 2.05) is 0 Å². The van der Waals surface area contributed by atoms with Crippen molar-refractivity contribution >= 4 is 23.8 Å². The van der Waals surface area contributed by atoms with E-state index in [-0.39, 0.29) is 5.57 Å². The lowest BCUT2D eigenvalue weighted by Gasteiger charge is -2.36. The Hall–Kier alpha value is -2.38. The minimum atomic E-state index is -1.37. The second-order valence-corrected chi connectivity index (χ2v) is 6.51. The highest BCUT2D eigenvalue weighted by Crippen LogP contribution is 2.34. The fourth-order valence-electron chi connectivity index (χ4n) is 2.45. The summed E-state index contributed by atoms with van der Waals surface area (Å²) in [5.41, 5.74) is -1.73. The average Bonchev–Trinajstić information content (AvgIpc) is 2.78. The van der Waals surface area contributed by atoms with Crippen molar-refractivity contribution in [1.82, 2.24) is 4.90 Å². The van der Waals surface area contributed by atoms with Gasteiger partial charge >= 0.3 is 17.9 Å². The molecule has 0 fully saturated rings. The van der Waals surface area contributed by atoms with Gasteiger partial charge in [0, 0.05) is 5.54 Å². The average molecular weight is 341 g/mol. The van der Waals surface area contributed by atoms with E-state index in [2.05, 4.69) is 9.47 Å². The molecule has 1 aliphatic heterocycles. The van der Waals surface area contributed by atoms with Crippen LogP contribution in [0.2, 0.25) is 0 Å². The number of amides is 1. The Bertz CT molecular complexity index is 598. The molecule has 1 heterocycles. The molecule has 134 valence electrons. The molecule has 1 atom stereocenters. The van der Waals surface area contributed by atoms with Crippen LogP contribution in [-0.2, 0) is 33.4 Å². The monoisotopic (exact) mass is 341 g/mol. The number of ether oxygens (including phenoxy) is 3. The third kappa shape index (κ3) is 3.58. The quantitative estimate of drug-likeness (QED) is 0.419. The number of carbonyl (C=O) groups is 4. The first-order valence-electron chi connectivity index (χ1n) is 7.42. The smallest absolute Gasteiger partial charge is 0.344 e. The molecular weight excluding hydrogens is 318 g/mol. The lowest BCUT2D eigenvalue weighted by molar-refractivity contribution is -0.159. The van der Waals surface area contributed by atoms with Crippen LogP contribution < -0.4 is 0 Å². The molecule has 1 aliphatic rings. The van der Waals surface area contributed by atoms with Gasteiger partial charge in [0.05, 0.1) is 25.9 Å². The standard InChI is InChI=1S/C16H23NO7/c1-8(2)24-15(21)11-9(13(19)22-6)10(14(20)23-7)12(18)17(11)16(3,4)5/h8,11H,1-7H3. The number of nitrogens with zero attached hydrogens (tertiary/aromatic N) is 1. The van der Waals surface area contributed by atoms with Gasteiger partial charge in [0.1, 0.15) is 5.57 Å². The molecule has 0 bridgehead atoms. The summed E-state index contributed by atoms with van der Waals surface area (Å²) in [6.07, 6.45) is -0.463. The van der Waals surface area contributed by atoms with Gasteiger partial charge in [0.15, 0.2) is 6.04 Å². The highest BCUT2D eigenvalue weighted by atomic mass is 16.5. The molecule has 0 N–H and O–H groups in total. The minimum Gasteiger partial charge on any atom is -0.466 e. The molecule has 1 rings (SSSR count). The van der Waals surface area contributed by atoms with E-state index >= 15 is 0 Å². The number of rotatable bonds is 4. The van der Waals surface area contributed by atoms with E-state index in [0.29, 0.717) is 0 Å². The topological polar surface area (TPSA) is 99.2 Å². The van der Waals surface area contributed by atoms with Crippen molar-refractivity contribution in [3.63, 3.8) is 0 Å². The molecule has 1 unspecified atom stereocenters. The first-order valence-corrected chi connectivity index (χ1v) is 7.42. The van der Waals surface area contributed by atoms with Gasteiger partial charge in [-0.3, -0.25) is 4.79 Å². The largest absolute Gasteiger partial charge is 0.466 e. The summed E-state index contributed by atoms with van der Waals surface area (Å²) in [6, 6.07) is -1.37. The molecule has 0 radical (unpaired) electrons. The van der Waals surface area contributed by atoms with Crippen molar-refractivity contribution in [2.45, 2.75) is 52.3 Å². The Labute approximate surface area is 140 Å². The SMILES string of the molecule is COC(=O)C1=C(C(=O)OC)C(C(=O)OC(C)C)N(C(C)(C)C)C1=O. The number of carbonyl (C=O) groups excluding carboxylic acids is 4. The van der Waals surface area contributed by atoms with Crippen LogP contribution in [0.5, 0.6) is 0 Å². The third-order valence-electron chi connectivity index (χ3n) is 3.33. The molecule has 0 aromatic heterocycles. The van der Waals surface area contributed by atoms with Crippen LogP contribution in [0.25, 0.3) is 0 Å². The van der Waals surface area contributed by atoms with E-state index < -0.39 is 47.1 Å². The molecule has 8 nitrogen and oxygen atoms in total. The van der Waals surface area contributed by atoms with Crippen LogP contribution in [0.1, 0.15) is 34.6 Å². The fraction of sp³-hybridized carbons (Fsp3) is 0.625. The van der Waals surface area contributed by atoms with Crippen molar-refractivity contribution in [2.24, 2.45) is 0 Å². The number of esters is 3. The van der Waals surface area contributed by atoms with Crippen LogP contribution in [0.3, 0.4) is 0 Å². The zero-order valence-electron chi connectivity index (χ0n) is 15.0. The van der Waals surface area contributed by atoms with Gasteiger partial charge in [0.25, 0.3) is 5.91 Å². The van der Waals surface area contributed by atoms with Crippen LogP contribution >= 0.6 is 0 Å². The lowest BCUT2D eigenvalue weighted by atomic mass is 10.0. The first-order chi connectivity index (χ1) is 11.0. The molecule has 0 spiro atoms. The summed E-state index contributed by atoms with van der Waals surface area (Å²) >= 11 is 0. The van der Waals surface area contributed by atoms with Gasteiger partial charge in [0.2, 0.25) is 0 Å². The predicted octanol–water partition coefficient (Wildman–Crippen LogP) is 0.590. The van der Waals surface area contributed by atoms with Gasteiger partial charge in [-0.15, -0.1) is 0 Å². The van der Waals surface area contributed by atoms with Crippen LogP contribution in [0.15, 0.2) is 11.1 Å². The molecule has 8 heteroatoms. The Balaban J connectivity index is 3.61. The summed E-state index contributed by atoms with van der Waals surface area (Å²) in [5.74, 6) is -3.55. The molecule has 0 saturated heterocycles. The predicted molar refractivity (Wildman–Crippen MR) is 82.7 cm³/mol. The Kier molecular flexibility index (Phi) is 5.75. The van der Waals surface area contributed by atoms with Crippen molar-refractivity contribution in [2.75, 3.05) is 14.2 Å². The van der Waals surface area contributed by atoms with Crippen molar-refractivity contribution < 1.29 is 33.4 Å². The maximum Gasteiger partial charge on any atom is 0.344 e. The Morgan fingerprint density at radius 3 is 1.92 bits per heavy atom. The van der Waals surface area contributed by atoms with E-state index in [0.717, 1.165) is 19.1 Å². The highest BCUT2D eigenvalue weighted by Gasteiger charge is 2.53. The van der Waals surface area contributed by atoms with Crippen molar-refractivity contribution in [1.29, 1.82) is 0 Å². The van der Waals surface area contributed by atoms with Gasteiger partial charge in [-0.05, 0) is 34.6 Å². The highest BCUT2D eigenvalue weighted by molar-refractivity contribution is 6.26. The molecule has 0 aliphatic carbocycles. The molecule has 0 saturated carbocycles. The maximum absolute atomic E-state index is 12.7. The summed E-state index contributed by atoms with van der Waals surface area (Å²) in [7, 11) is 2.18. The van der Waals surface area contributed by atoms with Gasteiger partial charge in [-0.1, -0.05) is 0 Å². The summed E-state index contributed by atoms with van der Waals surface area (Å²) in [5, 5.41) is 0. The molecule has 24 heavy (non-hydrogen) atoms. The van der Waals surface area contributed by atoms with Crippen molar-refractivity contribution in [3.05, 3.63) is 11.1 Å². The van der Waals surface area contributed by atoms with Crippen LogP contribution in [0.4, 0.5) is 0 Å². The molecule has 0 aromatic carbocycles. The zero-order valence-corrected chi connectivity index (χ0v) is 15.0. The lowest BCUT2D eigenvalue weighted by Crippen LogP contribution is -2.53. The van der Waals surface area contributed by atoms with Crippen LogP contribution in [0, 0.1) is 0 Å². The molecular formula is C16H23NO7. The van der Waals surface area contributed by atoms with E-state index in [9.17, 15) is 19.2 Å². The summed E-state index contributed by atoms with van der Waals surface area (Å²) in [6.45, 7) is 8.30. The van der Waals surface area contributed by atoms with Crippen molar-refractivity contribution in [3.8, 4) is 0 Å². The van der Waals surface area contributed by atoms with Gasteiger partial charge < -0.3 is 19.1 Å². The summed E-state index contributed by atoms with van der Waals surface area (Å²) < 4.78 is 14.4. The second kappa shape index (κ2) is 7.02. The number of hydrogen-bond donors (Lipinski definition) is 0. The second-order valence-electron chi connectivity index (χ2n) is 6.51. The van der Waals surface area contributed by atoms with E-state index in [4.69, 9.17) is 4.74 Å². The van der Waals surface area contributed by atoms with E-state index in [1.54, 1.807) is 34.6 Å². The number of methoxy groups -OCH3 is 2. The van der Waals surface area contributed by atoms with Gasteiger partial charge in [-0.2, -0.15) is 0 Å². The van der Waals surface area contributed by atoms with Crippen LogP contribution in [-0.4, -0.2) is 60.6 Å². The Morgan fingerprint density at radius 1 is 1.04 bits per heavy atom. The van der Waals surface area contributed by atoms with Gasteiger partial charge in [-0.25, -0.2) is 14.4 Å².